The van der Waals surface area contributed by atoms with E-state index in [9.17, 15) is 0 Å². The van der Waals surface area contributed by atoms with Crippen LogP contribution in [0.2, 0.25) is 0 Å². The second-order valence-electron chi connectivity index (χ2n) is 3.79. The second-order valence-corrected chi connectivity index (χ2v) is 3.79. The van der Waals surface area contributed by atoms with E-state index in [0.29, 0.717) is 11.5 Å². The predicted octanol–water partition coefficient (Wildman–Crippen LogP) is 2.71. The van der Waals surface area contributed by atoms with Crippen LogP contribution >= 0.6 is 0 Å². The minimum Gasteiger partial charge on any atom is -0.338 e. The number of hydrogen-bond donors (Lipinski definition) is 1. The van der Waals surface area contributed by atoms with Gasteiger partial charge in [-0.25, -0.2) is 9.97 Å². The first-order valence-electron chi connectivity index (χ1n) is 5.26. The first-order valence-corrected chi connectivity index (χ1v) is 5.26. The molecule has 4 nitrogen and oxygen atoms in total. The highest BCUT2D eigenvalue weighted by Crippen LogP contribution is 2.19. The van der Waals surface area contributed by atoms with E-state index >= 15 is 0 Å². The van der Waals surface area contributed by atoms with Crippen molar-refractivity contribution < 1.29 is 0 Å². The van der Waals surface area contributed by atoms with Crippen molar-refractivity contribution in [1.82, 2.24) is 9.97 Å². The standard InChI is InChI=1S/C13H12N4/c1-9-3-4-11(7-10(9)2)17-13-12(8-14)15-5-6-16-13/h3-7H,1-2H3,(H,16,17). The van der Waals surface area contributed by atoms with Crippen LogP contribution in [0, 0.1) is 25.2 Å². The summed E-state index contributed by atoms with van der Waals surface area (Å²) in [7, 11) is 0. The zero-order valence-electron chi connectivity index (χ0n) is 9.73. The summed E-state index contributed by atoms with van der Waals surface area (Å²) >= 11 is 0. The molecule has 0 aliphatic heterocycles. The summed E-state index contributed by atoms with van der Waals surface area (Å²) in [5.74, 6) is 0.484. The molecule has 2 rings (SSSR count). The van der Waals surface area contributed by atoms with Crippen LogP contribution < -0.4 is 5.32 Å². The van der Waals surface area contributed by atoms with Crippen molar-refractivity contribution in [2.45, 2.75) is 13.8 Å². The number of hydrogen-bond acceptors (Lipinski definition) is 4. The van der Waals surface area contributed by atoms with Crippen LogP contribution in [0.5, 0.6) is 0 Å². The van der Waals surface area contributed by atoms with E-state index in [4.69, 9.17) is 5.26 Å². The van der Waals surface area contributed by atoms with Crippen molar-refractivity contribution in [2.75, 3.05) is 5.32 Å². The highest BCUT2D eigenvalue weighted by atomic mass is 15.0. The molecule has 1 aromatic carbocycles. The monoisotopic (exact) mass is 224 g/mol. The molecule has 0 amide bonds. The topological polar surface area (TPSA) is 61.6 Å². The third-order valence-corrected chi connectivity index (χ3v) is 2.57. The first-order chi connectivity index (χ1) is 8.20. The van der Waals surface area contributed by atoms with Crippen LogP contribution in [0.15, 0.2) is 30.6 Å². The van der Waals surface area contributed by atoms with Crippen molar-refractivity contribution in [3.63, 3.8) is 0 Å². The lowest BCUT2D eigenvalue weighted by atomic mass is 10.1. The maximum atomic E-state index is 8.90. The minimum atomic E-state index is 0.297. The summed E-state index contributed by atoms with van der Waals surface area (Å²) in [5.41, 5.74) is 3.63. The summed E-state index contributed by atoms with van der Waals surface area (Å²) in [6, 6.07) is 8.01. The van der Waals surface area contributed by atoms with Gasteiger partial charge >= 0.3 is 0 Å². The minimum absolute atomic E-state index is 0.297. The van der Waals surface area contributed by atoms with Gasteiger partial charge in [0.25, 0.3) is 0 Å². The molecule has 0 aliphatic rings. The third kappa shape index (κ3) is 2.40. The van der Waals surface area contributed by atoms with Crippen molar-refractivity contribution in [3.8, 4) is 6.07 Å². The quantitative estimate of drug-likeness (QED) is 0.851. The largest absolute Gasteiger partial charge is 0.338 e. The average molecular weight is 224 g/mol. The van der Waals surface area contributed by atoms with Crippen LogP contribution in [0.4, 0.5) is 11.5 Å². The van der Waals surface area contributed by atoms with E-state index in [2.05, 4.69) is 22.2 Å². The van der Waals surface area contributed by atoms with Gasteiger partial charge in [-0.05, 0) is 37.1 Å². The molecule has 0 radical (unpaired) electrons. The van der Waals surface area contributed by atoms with E-state index in [1.54, 1.807) is 6.20 Å². The molecule has 1 N–H and O–H groups in total. The molecule has 0 fully saturated rings. The van der Waals surface area contributed by atoms with Gasteiger partial charge < -0.3 is 5.32 Å². The smallest absolute Gasteiger partial charge is 0.183 e. The van der Waals surface area contributed by atoms with Gasteiger partial charge in [0.2, 0.25) is 0 Å². The van der Waals surface area contributed by atoms with Crippen LogP contribution in [0.25, 0.3) is 0 Å². The van der Waals surface area contributed by atoms with Crippen LogP contribution in [-0.4, -0.2) is 9.97 Å². The molecule has 0 atom stereocenters. The SMILES string of the molecule is Cc1ccc(Nc2nccnc2C#N)cc1C. The Morgan fingerprint density at radius 1 is 1.12 bits per heavy atom. The van der Waals surface area contributed by atoms with Gasteiger partial charge in [-0.3, -0.25) is 0 Å². The fourth-order valence-electron chi connectivity index (χ4n) is 1.47. The molecule has 17 heavy (non-hydrogen) atoms. The highest BCUT2D eigenvalue weighted by molar-refractivity contribution is 5.61. The Hall–Kier alpha value is -2.41. The van der Waals surface area contributed by atoms with Gasteiger partial charge in [0.05, 0.1) is 0 Å². The van der Waals surface area contributed by atoms with E-state index in [-0.39, 0.29) is 0 Å². The van der Waals surface area contributed by atoms with Gasteiger partial charge in [-0.2, -0.15) is 5.26 Å². The lowest BCUT2D eigenvalue weighted by Gasteiger charge is -2.08. The third-order valence-electron chi connectivity index (χ3n) is 2.57. The molecule has 1 heterocycles. The van der Waals surface area contributed by atoms with Crippen molar-refractivity contribution >= 4 is 11.5 Å². The molecule has 0 aliphatic carbocycles. The Kier molecular flexibility index (Phi) is 3.01. The molecule has 0 saturated carbocycles. The highest BCUT2D eigenvalue weighted by Gasteiger charge is 2.04. The maximum Gasteiger partial charge on any atom is 0.183 e. The van der Waals surface area contributed by atoms with Crippen molar-refractivity contribution in [3.05, 3.63) is 47.4 Å². The van der Waals surface area contributed by atoms with E-state index in [1.165, 1.54) is 17.3 Å². The number of rotatable bonds is 2. The van der Waals surface area contributed by atoms with Crippen molar-refractivity contribution in [2.24, 2.45) is 0 Å². The lowest BCUT2D eigenvalue weighted by Crippen LogP contribution is -1.99. The van der Waals surface area contributed by atoms with E-state index in [1.807, 2.05) is 31.2 Å². The molecule has 2 aromatic rings. The molecule has 84 valence electrons. The fourth-order valence-corrected chi connectivity index (χ4v) is 1.47. The zero-order chi connectivity index (χ0) is 12.3. The molecule has 1 aromatic heterocycles. The zero-order valence-corrected chi connectivity index (χ0v) is 9.73. The Labute approximate surface area is 100.0 Å². The summed E-state index contributed by atoms with van der Waals surface area (Å²) in [5, 5.41) is 12.0. The maximum absolute atomic E-state index is 8.90. The van der Waals surface area contributed by atoms with E-state index < -0.39 is 0 Å². The molecular weight excluding hydrogens is 212 g/mol. The number of benzene rings is 1. The number of nitrogens with zero attached hydrogens (tertiary/aromatic N) is 3. The van der Waals surface area contributed by atoms with Gasteiger partial charge in [0.1, 0.15) is 6.07 Å². The predicted molar refractivity (Wildman–Crippen MR) is 65.9 cm³/mol. The Balaban J connectivity index is 2.32. The molecule has 4 heteroatoms. The van der Waals surface area contributed by atoms with Crippen LogP contribution in [0.3, 0.4) is 0 Å². The van der Waals surface area contributed by atoms with Gasteiger partial charge in [-0.1, -0.05) is 6.07 Å². The number of anilines is 2. The van der Waals surface area contributed by atoms with Gasteiger partial charge in [-0.15, -0.1) is 0 Å². The Morgan fingerprint density at radius 2 is 1.88 bits per heavy atom. The number of aromatic nitrogens is 2. The summed E-state index contributed by atoms with van der Waals surface area (Å²) in [6.07, 6.45) is 3.06. The summed E-state index contributed by atoms with van der Waals surface area (Å²) < 4.78 is 0. The Bertz CT molecular complexity index is 584. The Morgan fingerprint density at radius 3 is 2.59 bits per heavy atom. The van der Waals surface area contributed by atoms with Crippen molar-refractivity contribution in [1.29, 1.82) is 5.26 Å². The van der Waals surface area contributed by atoms with Gasteiger partial charge in [0.15, 0.2) is 11.5 Å². The van der Waals surface area contributed by atoms with Gasteiger partial charge in [0, 0.05) is 18.1 Å². The number of nitrogens with one attached hydrogen (secondary N) is 1. The molecular formula is C13H12N4. The van der Waals surface area contributed by atoms with Crippen LogP contribution in [0.1, 0.15) is 16.8 Å². The number of aryl methyl sites for hydroxylation is 2. The fraction of sp³-hybridized carbons (Fsp3) is 0.154. The molecule has 0 saturated heterocycles. The second kappa shape index (κ2) is 4.62. The molecule has 0 unspecified atom stereocenters. The normalized spacial score (nSPS) is 9.71. The number of nitriles is 1. The summed E-state index contributed by atoms with van der Waals surface area (Å²) in [6.45, 7) is 4.10. The lowest BCUT2D eigenvalue weighted by molar-refractivity contribution is 1.16. The van der Waals surface area contributed by atoms with Crippen LogP contribution in [-0.2, 0) is 0 Å². The summed E-state index contributed by atoms with van der Waals surface area (Å²) in [4.78, 5) is 8.05. The van der Waals surface area contributed by atoms with E-state index in [0.717, 1.165) is 5.69 Å². The average Bonchev–Trinajstić information content (AvgIpc) is 2.34. The molecule has 0 spiro atoms. The molecule has 0 bridgehead atoms. The first kappa shape index (κ1) is 11.1.